The van der Waals surface area contributed by atoms with Crippen molar-refractivity contribution in [3.05, 3.63) is 11.5 Å². The van der Waals surface area contributed by atoms with Gasteiger partial charge in [-0.2, -0.15) is 0 Å². The molecule has 0 aliphatic carbocycles. The van der Waals surface area contributed by atoms with E-state index in [1.807, 2.05) is 7.05 Å². The number of hydrogen-bond acceptors (Lipinski definition) is 6. The van der Waals surface area contributed by atoms with E-state index in [0.717, 1.165) is 45.2 Å². The van der Waals surface area contributed by atoms with E-state index in [4.69, 9.17) is 11.5 Å². The molecule has 0 bridgehead atoms. The Morgan fingerprint density at radius 1 is 1.00 bits per heavy atom. The van der Waals surface area contributed by atoms with Gasteiger partial charge in [-0.15, -0.1) is 0 Å². The number of amides is 2. The summed E-state index contributed by atoms with van der Waals surface area (Å²) in [5.74, 6) is -0.900. The van der Waals surface area contributed by atoms with Crippen LogP contribution in [0, 0.1) is 0 Å². The number of rotatable bonds is 15. The van der Waals surface area contributed by atoms with Gasteiger partial charge in [0, 0.05) is 38.1 Å². The topological polar surface area (TPSA) is 126 Å². The average Bonchev–Trinajstić information content (AvgIpc) is 2.65. The van der Waals surface area contributed by atoms with Crippen molar-refractivity contribution in [2.24, 2.45) is 11.5 Å². The third-order valence-corrected chi connectivity index (χ3v) is 4.81. The fourth-order valence-corrected chi connectivity index (χ4v) is 3.46. The summed E-state index contributed by atoms with van der Waals surface area (Å²) >= 11 is 0. The number of carbonyl (C=O) groups excluding carboxylic acids is 2. The van der Waals surface area contributed by atoms with Gasteiger partial charge in [0.2, 0.25) is 5.91 Å². The first kappa shape index (κ1) is 26.2. The summed E-state index contributed by atoms with van der Waals surface area (Å²) in [7, 11) is 1.94. The van der Waals surface area contributed by atoms with E-state index >= 15 is 0 Å². The molecular weight excluding hydrogens is 356 g/mol. The van der Waals surface area contributed by atoms with Crippen molar-refractivity contribution < 1.29 is 9.59 Å². The smallest absolute Gasteiger partial charge is 0.271 e. The predicted molar refractivity (Wildman–Crippen MR) is 115 cm³/mol. The average molecular weight is 399 g/mol. The zero-order valence-corrected chi connectivity index (χ0v) is 18.4. The van der Waals surface area contributed by atoms with Crippen molar-refractivity contribution in [1.82, 2.24) is 20.9 Å². The second kappa shape index (κ2) is 15.2. The van der Waals surface area contributed by atoms with Crippen molar-refractivity contribution >= 4 is 11.8 Å². The molecule has 0 saturated carbocycles. The Balaban J connectivity index is 5.31. The minimum Gasteiger partial charge on any atom is -0.384 e. The van der Waals surface area contributed by atoms with E-state index in [-0.39, 0.29) is 23.5 Å². The zero-order valence-electron chi connectivity index (χ0n) is 18.4. The van der Waals surface area contributed by atoms with Gasteiger partial charge in [-0.1, -0.05) is 33.6 Å². The van der Waals surface area contributed by atoms with Crippen LogP contribution in [0.4, 0.5) is 0 Å². The first-order chi connectivity index (χ1) is 13.4. The van der Waals surface area contributed by atoms with Crippen LogP contribution in [0.3, 0.4) is 0 Å². The molecule has 0 aliphatic heterocycles. The Labute approximate surface area is 170 Å². The Bertz CT molecular complexity index is 485. The van der Waals surface area contributed by atoms with Crippen LogP contribution in [0.1, 0.15) is 66.2 Å². The summed E-state index contributed by atoms with van der Waals surface area (Å²) in [4.78, 5) is 27.2. The van der Waals surface area contributed by atoms with Crippen LogP contribution >= 0.6 is 0 Å². The molecule has 0 radical (unpaired) electrons. The molecule has 0 rings (SSSR count). The highest BCUT2D eigenvalue weighted by Gasteiger charge is 2.27. The van der Waals surface area contributed by atoms with E-state index < -0.39 is 5.91 Å². The van der Waals surface area contributed by atoms with Gasteiger partial charge in [0.05, 0.1) is 0 Å². The van der Waals surface area contributed by atoms with Crippen LogP contribution in [-0.2, 0) is 9.59 Å². The number of hydrogen-bond donors (Lipinski definition) is 5. The molecule has 8 heteroatoms. The molecule has 0 aromatic heterocycles. The Hall–Kier alpha value is -1.80. The third-order valence-electron chi connectivity index (χ3n) is 4.81. The van der Waals surface area contributed by atoms with Gasteiger partial charge in [-0.3, -0.25) is 14.5 Å². The van der Waals surface area contributed by atoms with Crippen molar-refractivity contribution in [3.8, 4) is 0 Å². The molecule has 8 nitrogen and oxygen atoms in total. The van der Waals surface area contributed by atoms with Gasteiger partial charge in [0.25, 0.3) is 5.91 Å². The molecule has 164 valence electrons. The van der Waals surface area contributed by atoms with Crippen molar-refractivity contribution in [2.75, 3.05) is 26.7 Å². The SMILES string of the molecule is CCCC(CCC)N(CCNC)C(CC)CC(=O)NC(C(=O)NCC)=C(N)N. The number of likely N-dealkylation sites (N-methyl/N-ethyl adjacent to an activating group) is 2. The third kappa shape index (κ3) is 9.41. The lowest BCUT2D eigenvalue weighted by molar-refractivity contribution is -0.125. The largest absolute Gasteiger partial charge is 0.384 e. The monoisotopic (exact) mass is 398 g/mol. The molecule has 1 unspecified atom stereocenters. The second-order valence-electron chi connectivity index (χ2n) is 7.08. The lowest BCUT2D eigenvalue weighted by atomic mass is 9.99. The molecule has 7 N–H and O–H groups in total. The summed E-state index contributed by atoms with van der Waals surface area (Å²) in [6, 6.07) is 0.532. The normalized spacial score (nSPS) is 12.1. The standard InChI is InChI=1S/C20H42N6O2/c1-6-10-16(11-7-2)26(13-12-23-5)15(8-3)14-17(27)25-18(19(21)22)20(28)24-9-4/h15-16,23H,6-14,21-22H2,1-5H3,(H,24,28)(H,25,27). The van der Waals surface area contributed by atoms with Crippen LogP contribution in [0.5, 0.6) is 0 Å². The molecule has 0 saturated heterocycles. The number of nitrogens with one attached hydrogen (secondary N) is 3. The van der Waals surface area contributed by atoms with Gasteiger partial charge < -0.3 is 27.4 Å². The first-order valence-electron chi connectivity index (χ1n) is 10.6. The van der Waals surface area contributed by atoms with E-state index in [1.54, 1.807) is 6.92 Å². The fraction of sp³-hybridized carbons (Fsp3) is 0.800. The maximum absolute atomic E-state index is 12.7. The van der Waals surface area contributed by atoms with E-state index in [1.165, 1.54) is 0 Å². The van der Waals surface area contributed by atoms with Crippen LogP contribution in [-0.4, -0.2) is 55.5 Å². The molecular formula is C20H42N6O2. The molecule has 28 heavy (non-hydrogen) atoms. The summed E-state index contributed by atoms with van der Waals surface area (Å²) in [5, 5.41) is 8.44. The molecule has 0 heterocycles. The first-order valence-corrected chi connectivity index (χ1v) is 10.6. The Morgan fingerprint density at radius 2 is 1.61 bits per heavy atom. The van der Waals surface area contributed by atoms with Crippen molar-refractivity contribution in [3.63, 3.8) is 0 Å². The van der Waals surface area contributed by atoms with Gasteiger partial charge in [-0.25, -0.2) is 0 Å². The van der Waals surface area contributed by atoms with Gasteiger partial charge in [0.1, 0.15) is 11.5 Å². The molecule has 1 atom stereocenters. The molecule has 2 amide bonds. The highest BCUT2D eigenvalue weighted by molar-refractivity contribution is 5.97. The summed E-state index contributed by atoms with van der Waals surface area (Å²) in [6.07, 6.45) is 5.57. The quantitative estimate of drug-likeness (QED) is 0.262. The van der Waals surface area contributed by atoms with Gasteiger partial charge in [-0.05, 0) is 33.2 Å². The van der Waals surface area contributed by atoms with E-state index in [0.29, 0.717) is 19.0 Å². The maximum atomic E-state index is 12.7. The Morgan fingerprint density at radius 3 is 2.04 bits per heavy atom. The highest BCUT2D eigenvalue weighted by atomic mass is 16.2. The summed E-state index contributed by atoms with van der Waals surface area (Å²) in [5.41, 5.74) is 11.1. The Kier molecular flexibility index (Phi) is 14.2. The summed E-state index contributed by atoms with van der Waals surface area (Å²) < 4.78 is 0. The minimum atomic E-state index is -0.467. The molecule has 0 aromatic rings. The highest BCUT2D eigenvalue weighted by Crippen LogP contribution is 2.20. The molecule has 0 aliphatic rings. The summed E-state index contributed by atoms with van der Waals surface area (Å²) in [6.45, 7) is 10.4. The van der Waals surface area contributed by atoms with Crippen LogP contribution < -0.4 is 27.4 Å². The number of nitrogens with two attached hydrogens (primary N) is 2. The van der Waals surface area contributed by atoms with E-state index in [2.05, 4.69) is 41.6 Å². The second-order valence-corrected chi connectivity index (χ2v) is 7.08. The molecule has 0 spiro atoms. The van der Waals surface area contributed by atoms with E-state index in [9.17, 15) is 9.59 Å². The van der Waals surface area contributed by atoms with Gasteiger partial charge in [0.15, 0.2) is 0 Å². The predicted octanol–water partition coefficient (Wildman–Crippen LogP) is 0.984. The van der Waals surface area contributed by atoms with Crippen molar-refractivity contribution in [1.29, 1.82) is 0 Å². The van der Waals surface area contributed by atoms with Crippen molar-refractivity contribution in [2.45, 2.75) is 78.3 Å². The lowest BCUT2D eigenvalue weighted by Gasteiger charge is -2.38. The maximum Gasteiger partial charge on any atom is 0.271 e. The minimum absolute atomic E-state index is 0.0675. The fourth-order valence-electron chi connectivity index (χ4n) is 3.46. The van der Waals surface area contributed by atoms with Crippen LogP contribution in [0.25, 0.3) is 0 Å². The van der Waals surface area contributed by atoms with Crippen LogP contribution in [0.15, 0.2) is 11.5 Å². The lowest BCUT2D eigenvalue weighted by Crippen LogP contribution is -2.48. The van der Waals surface area contributed by atoms with Gasteiger partial charge >= 0.3 is 0 Å². The molecule has 0 fully saturated rings. The van der Waals surface area contributed by atoms with Crippen LogP contribution in [0.2, 0.25) is 0 Å². The number of carbonyl (C=O) groups is 2. The number of nitrogens with zero attached hydrogens (tertiary/aromatic N) is 1. The molecule has 0 aromatic carbocycles. The zero-order chi connectivity index (χ0) is 21.5.